The number of carbonyl (C=O) groups excluding carboxylic acids is 1. The number of methoxy groups -OCH3 is 1. The van der Waals surface area contributed by atoms with Crippen molar-refractivity contribution in [2.75, 3.05) is 13.7 Å². The Kier molecular flexibility index (Phi) is 4.89. The van der Waals surface area contributed by atoms with Crippen molar-refractivity contribution in [1.29, 1.82) is 0 Å². The lowest BCUT2D eigenvalue weighted by atomic mass is 10.0. The third-order valence-electron chi connectivity index (χ3n) is 4.87. The van der Waals surface area contributed by atoms with E-state index in [0.717, 1.165) is 5.56 Å². The van der Waals surface area contributed by atoms with Gasteiger partial charge in [-0.2, -0.15) is 0 Å². The van der Waals surface area contributed by atoms with Gasteiger partial charge in [0.25, 0.3) is 5.56 Å². The monoisotopic (exact) mass is 376 g/mol. The van der Waals surface area contributed by atoms with Crippen LogP contribution in [0, 0.1) is 0 Å². The molecule has 28 heavy (non-hydrogen) atoms. The van der Waals surface area contributed by atoms with Gasteiger partial charge in [-0.05, 0) is 24.6 Å². The molecule has 1 amide bonds. The minimum absolute atomic E-state index is 0.0170. The highest BCUT2D eigenvalue weighted by atomic mass is 16.5. The number of hydrogen-bond acceptors (Lipinski definition) is 5. The molecular weight excluding hydrogens is 356 g/mol. The summed E-state index contributed by atoms with van der Waals surface area (Å²) in [5, 5.41) is 0. The highest BCUT2D eigenvalue weighted by molar-refractivity contribution is 5.79. The topological polar surface area (TPSA) is 88.2 Å². The fraction of sp³-hybridized carbons (Fsp3) is 0.238. The molecule has 7 heteroatoms. The fourth-order valence-electron chi connectivity index (χ4n) is 3.40. The second kappa shape index (κ2) is 7.64. The Labute approximate surface area is 162 Å². The first-order valence-electron chi connectivity index (χ1n) is 9.09. The van der Waals surface area contributed by atoms with Gasteiger partial charge in [-0.15, -0.1) is 0 Å². The maximum absolute atomic E-state index is 12.8. The van der Waals surface area contributed by atoms with Crippen LogP contribution in [0.2, 0.25) is 0 Å². The Morgan fingerprint density at radius 1 is 1.21 bits per heavy atom. The van der Waals surface area contributed by atoms with Crippen LogP contribution >= 0.6 is 0 Å². The molecule has 2 aromatic heterocycles. The lowest BCUT2D eigenvalue weighted by Crippen LogP contribution is -2.40. The Morgan fingerprint density at radius 2 is 2.04 bits per heavy atom. The number of aromatic nitrogens is 3. The van der Waals surface area contributed by atoms with Gasteiger partial charge in [-0.25, -0.2) is 4.98 Å². The number of aromatic amines is 1. The van der Waals surface area contributed by atoms with E-state index in [4.69, 9.17) is 4.74 Å². The zero-order chi connectivity index (χ0) is 19.5. The molecule has 0 saturated carbocycles. The molecule has 1 aliphatic rings. The van der Waals surface area contributed by atoms with Crippen molar-refractivity contribution in [3.63, 3.8) is 0 Å². The van der Waals surface area contributed by atoms with Gasteiger partial charge in [0.1, 0.15) is 11.4 Å². The summed E-state index contributed by atoms with van der Waals surface area (Å²) < 4.78 is 5.33. The summed E-state index contributed by atoms with van der Waals surface area (Å²) in [5.41, 5.74) is 2.54. The molecule has 1 aliphatic heterocycles. The van der Waals surface area contributed by atoms with E-state index in [-0.39, 0.29) is 17.9 Å². The molecule has 0 atom stereocenters. The Bertz CT molecular complexity index is 1060. The maximum atomic E-state index is 12.8. The molecular formula is C21H20N4O3. The van der Waals surface area contributed by atoms with Crippen molar-refractivity contribution in [2.24, 2.45) is 0 Å². The zero-order valence-corrected chi connectivity index (χ0v) is 15.5. The predicted molar refractivity (Wildman–Crippen MR) is 104 cm³/mol. The zero-order valence-electron chi connectivity index (χ0n) is 15.5. The molecule has 0 saturated heterocycles. The van der Waals surface area contributed by atoms with E-state index >= 15 is 0 Å². The first-order chi connectivity index (χ1) is 13.7. The summed E-state index contributed by atoms with van der Waals surface area (Å²) in [4.78, 5) is 38.7. The van der Waals surface area contributed by atoms with E-state index in [1.165, 1.54) is 0 Å². The van der Waals surface area contributed by atoms with E-state index in [1.807, 2.05) is 30.3 Å². The lowest BCUT2D eigenvalue weighted by molar-refractivity contribution is -0.131. The van der Waals surface area contributed by atoms with Crippen LogP contribution in [0.4, 0.5) is 0 Å². The fourth-order valence-corrected chi connectivity index (χ4v) is 3.40. The molecule has 0 bridgehead atoms. The van der Waals surface area contributed by atoms with Gasteiger partial charge in [-0.3, -0.25) is 14.6 Å². The van der Waals surface area contributed by atoms with Crippen LogP contribution in [0.5, 0.6) is 5.75 Å². The van der Waals surface area contributed by atoms with Gasteiger partial charge in [0, 0.05) is 23.9 Å². The van der Waals surface area contributed by atoms with Crippen LogP contribution in [0.1, 0.15) is 16.8 Å². The van der Waals surface area contributed by atoms with E-state index in [2.05, 4.69) is 15.0 Å². The first-order valence-corrected chi connectivity index (χ1v) is 9.09. The first kappa shape index (κ1) is 17.9. The second-order valence-electron chi connectivity index (χ2n) is 6.61. The minimum atomic E-state index is -0.164. The molecule has 142 valence electrons. The molecule has 0 fully saturated rings. The Hall–Kier alpha value is -3.48. The van der Waals surface area contributed by atoms with E-state index in [1.54, 1.807) is 30.3 Å². The summed E-state index contributed by atoms with van der Waals surface area (Å²) in [7, 11) is 1.59. The number of carbonyl (C=O) groups is 1. The van der Waals surface area contributed by atoms with Crippen molar-refractivity contribution in [2.45, 2.75) is 19.4 Å². The van der Waals surface area contributed by atoms with Gasteiger partial charge in [0.2, 0.25) is 5.91 Å². The number of fused-ring (bicyclic) bond motifs is 1. The second-order valence-corrected chi connectivity index (χ2v) is 6.61. The summed E-state index contributed by atoms with van der Waals surface area (Å²) in [6.07, 6.45) is 2.38. The molecule has 1 aromatic carbocycles. The third kappa shape index (κ3) is 3.51. The number of ether oxygens (including phenoxy) is 1. The van der Waals surface area contributed by atoms with Crippen LogP contribution in [-0.2, 0) is 24.2 Å². The Morgan fingerprint density at radius 3 is 2.82 bits per heavy atom. The van der Waals surface area contributed by atoms with Gasteiger partial charge < -0.3 is 14.6 Å². The highest BCUT2D eigenvalue weighted by Gasteiger charge is 2.25. The molecule has 0 aliphatic carbocycles. The summed E-state index contributed by atoms with van der Waals surface area (Å²) in [6.45, 7) is 0.807. The number of pyridine rings is 1. The molecule has 3 heterocycles. The number of nitrogens with one attached hydrogen (secondary N) is 1. The van der Waals surface area contributed by atoms with Gasteiger partial charge in [0.15, 0.2) is 5.82 Å². The molecule has 0 radical (unpaired) electrons. The number of amides is 1. The van der Waals surface area contributed by atoms with Crippen LogP contribution in [-0.4, -0.2) is 39.4 Å². The van der Waals surface area contributed by atoms with Crippen LogP contribution in [0.25, 0.3) is 11.5 Å². The van der Waals surface area contributed by atoms with Crippen molar-refractivity contribution < 1.29 is 9.53 Å². The molecule has 7 nitrogen and oxygen atoms in total. The van der Waals surface area contributed by atoms with Gasteiger partial charge >= 0.3 is 0 Å². The van der Waals surface area contributed by atoms with E-state index < -0.39 is 0 Å². The lowest BCUT2D eigenvalue weighted by Gasteiger charge is -2.28. The standard InChI is InChI=1S/C21H20N4O3/c1-28-18-8-3-2-6-14(18)12-19(26)25-11-9-15-17(13-25)23-20(24-21(15)27)16-7-4-5-10-22-16/h2-8,10H,9,11-13H2,1H3,(H,23,24,27). The molecule has 1 N–H and O–H groups in total. The maximum Gasteiger partial charge on any atom is 0.254 e. The minimum Gasteiger partial charge on any atom is -0.496 e. The van der Waals surface area contributed by atoms with E-state index in [9.17, 15) is 9.59 Å². The Balaban J connectivity index is 1.58. The number of hydrogen-bond donors (Lipinski definition) is 1. The average molecular weight is 376 g/mol. The summed E-state index contributed by atoms with van der Waals surface area (Å²) >= 11 is 0. The van der Waals surface area contributed by atoms with Crippen molar-refractivity contribution >= 4 is 5.91 Å². The van der Waals surface area contributed by atoms with Crippen LogP contribution in [0.3, 0.4) is 0 Å². The average Bonchev–Trinajstić information content (AvgIpc) is 2.74. The predicted octanol–water partition coefficient (Wildman–Crippen LogP) is 1.97. The quantitative estimate of drug-likeness (QED) is 0.752. The highest BCUT2D eigenvalue weighted by Crippen LogP contribution is 2.21. The number of para-hydroxylation sites is 1. The molecule has 0 unspecified atom stereocenters. The van der Waals surface area contributed by atoms with Gasteiger partial charge in [-0.1, -0.05) is 24.3 Å². The molecule has 0 spiro atoms. The van der Waals surface area contributed by atoms with Crippen molar-refractivity contribution in [1.82, 2.24) is 19.9 Å². The molecule has 4 rings (SSSR count). The van der Waals surface area contributed by atoms with Crippen molar-refractivity contribution in [3.05, 3.63) is 75.8 Å². The number of H-pyrrole nitrogens is 1. The van der Waals surface area contributed by atoms with Gasteiger partial charge in [0.05, 0.1) is 25.8 Å². The number of benzene rings is 1. The van der Waals surface area contributed by atoms with Crippen molar-refractivity contribution in [3.8, 4) is 17.3 Å². The third-order valence-corrected chi connectivity index (χ3v) is 4.87. The normalized spacial score (nSPS) is 13.1. The number of rotatable bonds is 4. The smallest absolute Gasteiger partial charge is 0.254 e. The SMILES string of the molecule is COc1ccccc1CC(=O)N1CCc2c(nc(-c3ccccn3)[nH]c2=O)C1. The summed E-state index contributed by atoms with van der Waals surface area (Å²) in [5.74, 6) is 1.10. The largest absolute Gasteiger partial charge is 0.496 e. The van der Waals surface area contributed by atoms with Crippen LogP contribution in [0.15, 0.2) is 53.5 Å². The van der Waals surface area contributed by atoms with E-state index in [0.29, 0.717) is 48.0 Å². The summed E-state index contributed by atoms with van der Waals surface area (Å²) in [6, 6.07) is 12.9. The number of nitrogens with zero attached hydrogens (tertiary/aromatic N) is 3. The molecule has 3 aromatic rings. The van der Waals surface area contributed by atoms with Crippen LogP contribution < -0.4 is 10.3 Å².